The first kappa shape index (κ1) is 22.3. The minimum absolute atomic E-state index is 0.0997. The Morgan fingerprint density at radius 1 is 1.00 bits per heavy atom. The van der Waals surface area contributed by atoms with Crippen molar-refractivity contribution in [3.8, 4) is 5.75 Å². The van der Waals surface area contributed by atoms with Gasteiger partial charge in [-0.3, -0.25) is 9.59 Å². The molecule has 0 atom stereocenters. The zero-order chi connectivity index (χ0) is 22.2. The Hall–Kier alpha value is -3.42. The van der Waals surface area contributed by atoms with Gasteiger partial charge in [-0.1, -0.05) is 53.5 Å². The monoisotopic (exact) mass is 459 g/mol. The van der Waals surface area contributed by atoms with Crippen LogP contribution in [0, 0.1) is 5.82 Å². The van der Waals surface area contributed by atoms with E-state index in [1.165, 1.54) is 30.5 Å². The summed E-state index contributed by atoms with van der Waals surface area (Å²) < 4.78 is 19.3. The molecule has 0 radical (unpaired) electrons. The fourth-order valence-corrected chi connectivity index (χ4v) is 2.91. The smallest absolute Gasteiger partial charge is 0.329 e. The van der Waals surface area contributed by atoms with Crippen molar-refractivity contribution < 1.29 is 18.7 Å². The number of nitrogens with zero attached hydrogens (tertiary/aromatic N) is 1. The number of amides is 2. The summed E-state index contributed by atoms with van der Waals surface area (Å²) in [5, 5.41) is 6.95. The predicted octanol–water partition coefficient (Wildman–Crippen LogP) is 4.80. The second-order valence-corrected chi connectivity index (χ2v) is 7.07. The molecule has 0 fully saturated rings. The predicted molar refractivity (Wildman–Crippen MR) is 118 cm³/mol. The molecular formula is C22H16Cl2FN3O3. The molecule has 0 aliphatic rings. The Bertz CT molecular complexity index is 1140. The zero-order valence-corrected chi connectivity index (χ0v) is 17.5. The van der Waals surface area contributed by atoms with Crippen LogP contribution < -0.4 is 15.5 Å². The third-order valence-electron chi connectivity index (χ3n) is 3.98. The Labute approximate surface area is 187 Å². The lowest BCUT2D eigenvalue weighted by Crippen LogP contribution is -2.32. The number of rotatable bonds is 6. The number of carbonyl (C=O) groups is 2. The van der Waals surface area contributed by atoms with Crippen molar-refractivity contribution in [3.05, 3.63) is 93.7 Å². The van der Waals surface area contributed by atoms with Crippen molar-refractivity contribution in [2.24, 2.45) is 5.10 Å². The van der Waals surface area contributed by atoms with Gasteiger partial charge in [0.2, 0.25) is 0 Å². The number of ether oxygens (including phenoxy) is 1. The number of para-hydroxylation sites is 1. The number of hydrazone groups is 1. The topological polar surface area (TPSA) is 79.8 Å². The SMILES string of the molecule is O=C(N/N=C\c1cccc(OCc2ccc(Cl)cc2Cl)c1)C(=O)Nc1ccccc1F. The highest BCUT2D eigenvalue weighted by Gasteiger charge is 2.14. The number of anilines is 1. The maximum atomic E-state index is 13.5. The van der Waals surface area contributed by atoms with Crippen LogP contribution in [0.5, 0.6) is 5.75 Å². The van der Waals surface area contributed by atoms with Crippen LogP contribution in [-0.4, -0.2) is 18.0 Å². The molecule has 0 unspecified atom stereocenters. The number of hydrogen-bond donors (Lipinski definition) is 2. The zero-order valence-electron chi connectivity index (χ0n) is 15.9. The van der Waals surface area contributed by atoms with Crippen LogP contribution in [0.1, 0.15) is 11.1 Å². The largest absolute Gasteiger partial charge is 0.489 e. The molecule has 0 saturated heterocycles. The molecule has 0 heterocycles. The lowest BCUT2D eigenvalue weighted by atomic mass is 10.2. The fourth-order valence-electron chi connectivity index (χ4n) is 2.44. The molecule has 3 aromatic rings. The summed E-state index contributed by atoms with van der Waals surface area (Å²) in [5.41, 5.74) is 3.38. The molecule has 0 bridgehead atoms. The number of nitrogens with one attached hydrogen (secondary N) is 2. The molecule has 0 aliphatic heterocycles. The summed E-state index contributed by atoms with van der Waals surface area (Å²) in [6, 6.07) is 17.6. The lowest BCUT2D eigenvalue weighted by molar-refractivity contribution is -0.136. The molecule has 3 aromatic carbocycles. The molecule has 158 valence electrons. The average Bonchev–Trinajstić information content (AvgIpc) is 2.75. The van der Waals surface area contributed by atoms with Crippen molar-refractivity contribution in [3.63, 3.8) is 0 Å². The van der Waals surface area contributed by atoms with Gasteiger partial charge in [0.1, 0.15) is 18.2 Å². The third kappa shape index (κ3) is 6.53. The molecular weight excluding hydrogens is 444 g/mol. The highest BCUT2D eigenvalue weighted by Crippen LogP contribution is 2.23. The number of carbonyl (C=O) groups excluding carboxylic acids is 2. The van der Waals surface area contributed by atoms with Crippen molar-refractivity contribution in [2.45, 2.75) is 6.61 Å². The molecule has 9 heteroatoms. The van der Waals surface area contributed by atoms with E-state index < -0.39 is 17.6 Å². The summed E-state index contributed by atoms with van der Waals surface area (Å²) in [5.74, 6) is -2.18. The van der Waals surface area contributed by atoms with Gasteiger partial charge in [0.05, 0.1) is 11.9 Å². The highest BCUT2D eigenvalue weighted by atomic mass is 35.5. The Morgan fingerprint density at radius 2 is 1.81 bits per heavy atom. The third-order valence-corrected chi connectivity index (χ3v) is 4.56. The minimum atomic E-state index is -1.04. The molecule has 3 rings (SSSR count). The van der Waals surface area contributed by atoms with Crippen LogP contribution >= 0.6 is 23.2 Å². The van der Waals surface area contributed by atoms with Crippen LogP contribution in [-0.2, 0) is 16.2 Å². The van der Waals surface area contributed by atoms with Crippen LogP contribution in [0.15, 0.2) is 71.8 Å². The number of benzene rings is 3. The molecule has 31 heavy (non-hydrogen) atoms. The van der Waals surface area contributed by atoms with E-state index in [0.717, 1.165) is 5.56 Å². The average molecular weight is 460 g/mol. The van der Waals surface area contributed by atoms with Crippen LogP contribution in [0.3, 0.4) is 0 Å². The van der Waals surface area contributed by atoms with Gasteiger partial charge in [-0.15, -0.1) is 0 Å². The van der Waals surface area contributed by atoms with Crippen LogP contribution in [0.25, 0.3) is 0 Å². The molecule has 0 saturated carbocycles. The summed E-state index contributed by atoms with van der Waals surface area (Å²) in [7, 11) is 0. The minimum Gasteiger partial charge on any atom is -0.489 e. The van der Waals surface area contributed by atoms with E-state index in [1.807, 2.05) is 0 Å². The van der Waals surface area contributed by atoms with Gasteiger partial charge in [-0.05, 0) is 42.0 Å². The van der Waals surface area contributed by atoms with E-state index in [0.29, 0.717) is 21.4 Å². The van der Waals surface area contributed by atoms with Crippen molar-refractivity contribution in [2.75, 3.05) is 5.32 Å². The lowest BCUT2D eigenvalue weighted by Gasteiger charge is -2.08. The molecule has 0 aromatic heterocycles. The van der Waals surface area contributed by atoms with E-state index in [1.54, 1.807) is 42.5 Å². The molecule has 2 amide bonds. The number of halogens is 3. The normalized spacial score (nSPS) is 10.7. The van der Waals surface area contributed by atoms with Gasteiger partial charge >= 0.3 is 11.8 Å². The van der Waals surface area contributed by atoms with Gasteiger partial charge in [-0.25, -0.2) is 9.82 Å². The Balaban J connectivity index is 1.54. The van der Waals surface area contributed by atoms with E-state index in [2.05, 4.69) is 15.8 Å². The van der Waals surface area contributed by atoms with Gasteiger partial charge < -0.3 is 10.1 Å². The summed E-state index contributed by atoms with van der Waals surface area (Å²) in [6.07, 6.45) is 1.34. The first-order chi connectivity index (χ1) is 14.9. The summed E-state index contributed by atoms with van der Waals surface area (Å²) in [6.45, 7) is 0.240. The quantitative estimate of drug-likeness (QED) is 0.315. The van der Waals surface area contributed by atoms with Gasteiger partial charge in [0, 0.05) is 15.6 Å². The van der Waals surface area contributed by atoms with E-state index in [4.69, 9.17) is 27.9 Å². The second-order valence-electron chi connectivity index (χ2n) is 6.23. The van der Waals surface area contributed by atoms with Crippen LogP contribution in [0.4, 0.5) is 10.1 Å². The van der Waals surface area contributed by atoms with E-state index in [-0.39, 0.29) is 12.3 Å². The standard InChI is InChI=1S/C22H16Cl2FN3O3/c23-16-9-8-15(18(24)11-16)13-31-17-5-3-4-14(10-17)12-26-28-22(30)21(29)27-20-7-2-1-6-19(20)25/h1-12H,13H2,(H,27,29)(H,28,30)/b26-12-. The summed E-state index contributed by atoms with van der Waals surface area (Å²) >= 11 is 12.0. The maximum Gasteiger partial charge on any atom is 0.329 e. The van der Waals surface area contributed by atoms with Crippen molar-refractivity contribution in [1.82, 2.24) is 5.43 Å². The van der Waals surface area contributed by atoms with Gasteiger partial charge in [-0.2, -0.15) is 5.10 Å². The van der Waals surface area contributed by atoms with Crippen LogP contribution in [0.2, 0.25) is 10.0 Å². The molecule has 6 nitrogen and oxygen atoms in total. The molecule has 2 N–H and O–H groups in total. The first-order valence-electron chi connectivity index (χ1n) is 8.98. The van der Waals surface area contributed by atoms with Crippen molar-refractivity contribution in [1.29, 1.82) is 0 Å². The maximum absolute atomic E-state index is 13.5. The summed E-state index contributed by atoms with van der Waals surface area (Å²) in [4.78, 5) is 23.7. The van der Waals surface area contributed by atoms with E-state index >= 15 is 0 Å². The van der Waals surface area contributed by atoms with E-state index in [9.17, 15) is 14.0 Å². The molecule has 0 aliphatic carbocycles. The van der Waals surface area contributed by atoms with Gasteiger partial charge in [0.25, 0.3) is 0 Å². The second kappa shape index (κ2) is 10.6. The Morgan fingerprint density at radius 3 is 2.58 bits per heavy atom. The van der Waals surface area contributed by atoms with Crippen molar-refractivity contribution >= 4 is 46.9 Å². The fraction of sp³-hybridized carbons (Fsp3) is 0.0455. The first-order valence-corrected chi connectivity index (χ1v) is 9.73. The Kier molecular flexibility index (Phi) is 7.59. The highest BCUT2D eigenvalue weighted by molar-refractivity contribution is 6.39. The molecule has 0 spiro atoms. The van der Waals surface area contributed by atoms with Gasteiger partial charge in [0.15, 0.2) is 0 Å². The number of hydrogen-bond acceptors (Lipinski definition) is 4.